The SMILES string of the molecule is C/C=C\C1=C(C)C2(c3cc(-c4nc(-c5ccccc5)nc(-c5cccc(C6=CCCC=C6)c5)n4)ccc31)c1ccccc1C(C)(C)c1ccccc12. The molecule has 0 unspecified atom stereocenters. The van der Waals surface area contributed by atoms with Crippen LogP contribution in [0.4, 0.5) is 0 Å². The molecule has 1 aromatic heterocycles. The Hall–Kier alpha value is -5.93. The van der Waals surface area contributed by atoms with Crippen LogP contribution in [0, 0.1) is 0 Å². The predicted octanol–water partition coefficient (Wildman–Crippen LogP) is 11.9. The summed E-state index contributed by atoms with van der Waals surface area (Å²) < 4.78 is 0. The van der Waals surface area contributed by atoms with Crippen molar-refractivity contribution in [2.75, 3.05) is 0 Å². The van der Waals surface area contributed by atoms with E-state index in [9.17, 15) is 0 Å². The molecule has 0 N–H and O–H groups in total. The molecule has 52 heavy (non-hydrogen) atoms. The molecule has 0 saturated carbocycles. The van der Waals surface area contributed by atoms with Gasteiger partial charge in [0.1, 0.15) is 0 Å². The Morgan fingerprint density at radius 2 is 1.13 bits per heavy atom. The van der Waals surface area contributed by atoms with Gasteiger partial charge in [-0.1, -0.05) is 153 Å². The Bertz CT molecular complexity index is 2460. The van der Waals surface area contributed by atoms with E-state index in [4.69, 9.17) is 15.0 Å². The second-order valence-electron chi connectivity index (χ2n) is 14.7. The lowest BCUT2D eigenvalue weighted by Gasteiger charge is -2.47. The third-order valence-electron chi connectivity index (χ3n) is 11.4. The summed E-state index contributed by atoms with van der Waals surface area (Å²) in [4.78, 5) is 15.5. The van der Waals surface area contributed by atoms with Crippen LogP contribution in [0.15, 0.2) is 157 Å². The number of benzene rings is 5. The van der Waals surface area contributed by atoms with Gasteiger partial charge in [0.25, 0.3) is 0 Å². The van der Waals surface area contributed by atoms with E-state index in [2.05, 4.69) is 161 Å². The smallest absolute Gasteiger partial charge is 0.164 e. The first-order valence-corrected chi connectivity index (χ1v) is 18.4. The quantitative estimate of drug-likeness (QED) is 0.183. The molecule has 3 heteroatoms. The molecule has 1 heterocycles. The number of aromatic nitrogens is 3. The summed E-state index contributed by atoms with van der Waals surface area (Å²) in [6.07, 6.45) is 13.4. The second-order valence-corrected chi connectivity index (χ2v) is 14.7. The van der Waals surface area contributed by atoms with Gasteiger partial charge >= 0.3 is 0 Å². The molecule has 3 aliphatic rings. The fourth-order valence-electron chi connectivity index (χ4n) is 8.93. The fraction of sp³-hybridized carbons (Fsp3) is 0.163. The van der Waals surface area contributed by atoms with Crippen molar-refractivity contribution < 1.29 is 0 Å². The van der Waals surface area contributed by atoms with Crippen LogP contribution in [0.25, 0.3) is 45.3 Å². The van der Waals surface area contributed by atoms with Gasteiger partial charge in [-0.15, -0.1) is 0 Å². The van der Waals surface area contributed by atoms with Gasteiger partial charge < -0.3 is 0 Å². The van der Waals surface area contributed by atoms with E-state index in [-0.39, 0.29) is 5.41 Å². The molecule has 5 aromatic carbocycles. The third kappa shape index (κ3) is 4.83. The summed E-state index contributed by atoms with van der Waals surface area (Å²) >= 11 is 0. The van der Waals surface area contributed by atoms with Gasteiger partial charge in [-0.2, -0.15) is 0 Å². The van der Waals surface area contributed by atoms with Gasteiger partial charge in [0.15, 0.2) is 17.5 Å². The van der Waals surface area contributed by atoms with E-state index < -0.39 is 5.41 Å². The number of hydrogen-bond donors (Lipinski definition) is 0. The van der Waals surface area contributed by atoms with Crippen LogP contribution in [-0.2, 0) is 10.8 Å². The van der Waals surface area contributed by atoms with Gasteiger partial charge in [-0.25, -0.2) is 15.0 Å². The van der Waals surface area contributed by atoms with Crippen molar-refractivity contribution in [1.29, 1.82) is 0 Å². The van der Waals surface area contributed by atoms with E-state index in [1.807, 2.05) is 18.2 Å². The van der Waals surface area contributed by atoms with Crippen LogP contribution in [0.3, 0.4) is 0 Å². The van der Waals surface area contributed by atoms with Gasteiger partial charge in [0.05, 0.1) is 5.41 Å². The minimum Gasteiger partial charge on any atom is -0.208 e. The summed E-state index contributed by atoms with van der Waals surface area (Å²) in [5.41, 5.74) is 15.3. The highest BCUT2D eigenvalue weighted by molar-refractivity contribution is 5.92. The molecule has 6 aromatic rings. The summed E-state index contributed by atoms with van der Waals surface area (Å²) in [6.45, 7) is 9.17. The zero-order valence-corrected chi connectivity index (χ0v) is 30.2. The van der Waals surface area contributed by atoms with E-state index in [0.29, 0.717) is 17.5 Å². The highest BCUT2D eigenvalue weighted by Crippen LogP contribution is 2.61. The maximum Gasteiger partial charge on any atom is 0.164 e. The van der Waals surface area contributed by atoms with Crippen molar-refractivity contribution in [2.45, 2.75) is 51.4 Å². The molecule has 3 aliphatic carbocycles. The van der Waals surface area contributed by atoms with Crippen LogP contribution >= 0.6 is 0 Å². The van der Waals surface area contributed by atoms with Crippen LogP contribution in [0.5, 0.6) is 0 Å². The molecule has 0 atom stereocenters. The summed E-state index contributed by atoms with van der Waals surface area (Å²) in [7, 11) is 0. The Labute approximate surface area is 306 Å². The average molecular weight is 672 g/mol. The topological polar surface area (TPSA) is 38.7 Å². The summed E-state index contributed by atoms with van der Waals surface area (Å²) in [5, 5.41) is 0. The number of nitrogens with zero attached hydrogens (tertiary/aromatic N) is 3. The van der Waals surface area contributed by atoms with Crippen LogP contribution in [-0.4, -0.2) is 15.0 Å². The zero-order chi connectivity index (χ0) is 35.5. The summed E-state index contributed by atoms with van der Waals surface area (Å²) in [6, 6.07) is 43.8. The Balaban J connectivity index is 1.29. The molecular formula is C49H41N3. The molecule has 252 valence electrons. The largest absolute Gasteiger partial charge is 0.208 e. The van der Waals surface area contributed by atoms with Crippen LogP contribution in [0.2, 0.25) is 0 Å². The average Bonchev–Trinajstić information content (AvgIpc) is 3.44. The summed E-state index contributed by atoms with van der Waals surface area (Å²) in [5.74, 6) is 2.00. The monoisotopic (exact) mass is 671 g/mol. The molecule has 9 rings (SSSR count). The minimum atomic E-state index is -0.462. The predicted molar refractivity (Wildman–Crippen MR) is 215 cm³/mol. The van der Waals surface area contributed by atoms with Gasteiger partial charge in [-0.3, -0.25) is 0 Å². The van der Waals surface area contributed by atoms with Crippen molar-refractivity contribution in [3.8, 4) is 34.2 Å². The first-order chi connectivity index (χ1) is 25.4. The Morgan fingerprint density at radius 1 is 0.558 bits per heavy atom. The highest BCUT2D eigenvalue weighted by atomic mass is 15.0. The third-order valence-corrected chi connectivity index (χ3v) is 11.4. The second kappa shape index (κ2) is 12.4. The highest BCUT2D eigenvalue weighted by Gasteiger charge is 2.52. The number of allylic oxidation sites excluding steroid dienone is 8. The standard InChI is InChI=1S/C49H41N3/c1-5-17-38-32(2)49(42-26-14-12-24-40(42)48(3,4)41-25-13-15-27-43(41)49)44-31-37(28-29-39(38)44)47-51-45(34-20-10-7-11-21-34)50-46(52-47)36-23-16-22-35(30-36)33-18-8-6-9-19-33/h5,7-8,10-31H,6,9H2,1-4H3/b17-5-. The lowest BCUT2D eigenvalue weighted by Crippen LogP contribution is -2.40. The van der Waals surface area contributed by atoms with Crippen molar-refractivity contribution >= 4 is 11.1 Å². The van der Waals surface area contributed by atoms with Crippen molar-refractivity contribution in [3.63, 3.8) is 0 Å². The molecule has 0 bridgehead atoms. The molecule has 1 spiro atoms. The lowest BCUT2D eigenvalue weighted by molar-refractivity contribution is 0.558. The van der Waals surface area contributed by atoms with Crippen molar-refractivity contribution in [2.24, 2.45) is 0 Å². The molecule has 0 radical (unpaired) electrons. The first kappa shape index (κ1) is 32.0. The Kier molecular flexibility index (Phi) is 7.62. The van der Waals surface area contributed by atoms with Crippen LogP contribution in [0.1, 0.15) is 79.5 Å². The van der Waals surface area contributed by atoms with Gasteiger partial charge in [-0.05, 0) is 94.5 Å². The number of hydrogen-bond acceptors (Lipinski definition) is 3. The fourth-order valence-corrected chi connectivity index (χ4v) is 8.93. The Morgan fingerprint density at radius 3 is 1.77 bits per heavy atom. The molecule has 0 saturated heterocycles. The van der Waals surface area contributed by atoms with Crippen molar-refractivity contribution in [3.05, 3.63) is 196 Å². The maximum absolute atomic E-state index is 5.24. The zero-order valence-electron chi connectivity index (χ0n) is 30.2. The van der Waals surface area contributed by atoms with E-state index in [0.717, 1.165) is 29.5 Å². The van der Waals surface area contributed by atoms with Gasteiger partial charge in [0, 0.05) is 22.1 Å². The van der Waals surface area contributed by atoms with Crippen LogP contribution < -0.4 is 0 Å². The van der Waals surface area contributed by atoms with E-state index in [1.165, 1.54) is 55.7 Å². The normalized spacial score (nSPS) is 16.5. The number of fused-ring (bicyclic) bond motifs is 6. The molecule has 0 aliphatic heterocycles. The molecular weight excluding hydrogens is 631 g/mol. The van der Waals surface area contributed by atoms with E-state index in [1.54, 1.807) is 0 Å². The number of rotatable bonds is 5. The van der Waals surface area contributed by atoms with E-state index >= 15 is 0 Å². The molecule has 3 nitrogen and oxygen atoms in total. The maximum atomic E-state index is 5.24. The van der Waals surface area contributed by atoms with Crippen molar-refractivity contribution in [1.82, 2.24) is 15.0 Å². The minimum absolute atomic E-state index is 0.147. The molecule has 0 amide bonds. The first-order valence-electron chi connectivity index (χ1n) is 18.4. The lowest BCUT2D eigenvalue weighted by atomic mass is 9.55. The van der Waals surface area contributed by atoms with Gasteiger partial charge in [0.2, 0.25) is 0 Å². The molecule has 0 fully saturated rings.